The van der Waals surface area contributed by atoms with Crippen molar-refractivity contribution >= 4 is 98.5 Å². The number of aromatic nitrogens is 6. The van der Waals surface area contributed by atoms with Gasteiger partial charge in [0.2, 0.25) is 11.9 Å². The van der Waals surface area contributed by atoms with E-state index >= 15 is 0 Å². The molecule has 0 amide bonds. The minimum atomic E-state index is -1.48. The first-order valence-electron chi connectivity index (χ1n) is 24.6. The van der Waals surface area contributed by atoms with Crippen LogP contribution in [0.15, 0.2) is 97.6 Å². The van der Waals surface area contributed by atoms with E-state index < -0.39 is 8.07 Å². The Morgan fingerprint density at radius 3 is 1.49 bits per heavy atom. The molecular formula is C55H65IN14O6Si. The number of anilines is 6. The van der Waals surface area contributed by atoms with Gasteiger partial charge in [-0.15, -0.1) is 5.54 Å². The second-order valence-electron chi connectivity index (χ2n) is 20.0. The quantitative estimate of drug-likeness (QED) is 0.0270. The van der Waals surface area contributed by atoms with E-state index in [4.69, 9.17) is 19.4 Å². The van der Waals surface area contributed by atoms with Crippen molar-refractivity contribution in [2.24, 2.45) is 14.1 Å². The molecule has 0 unspecified atom stereocenters. The van der Waals surface area contributed by atoms with E-state index in [1.165, 1.54) is 26.4 Å². The van der Waals surface area contributed by atoms with Crippen LogP contribution in [-0.2, 0) is 14.1 Å². The molecule has 4 aromatic heterocycles. The van der Waals surface area contributed by atoms with Gasteiger partial charge in [-0.25, -0.2) is 19.9 Å². The van der Waals surface area contributed by atoms with Crippen molar-refractivity contribution in [3.05, 3.63) is 127 Å². The second kappa shape index (κ2) is 24.4. The molecule has 0 aliphatic carbocycles. The molecule has 22 heteroatoms. The van der Waals surface area contributed by atoms with Crippen LogP contribution in [0, 0.1) is 35.3 Å². The lowest BCUT2D eigenvalue weighted by Crippen LogP contribution is -2.28. The van der Waals surface area contributed by atoms with E-state index in [1.807, 2.05) is 107 Å². The van der Waals surface area contributed by atoms with Crippen LogP contribution < -0.4 is 29.9 Å². The Hall–Kier alpha value is -7.85. The van der Waals surface area contributed by atoms with Gasteiger partial charge < -0.3 is 48.8 Å². The first kappa shape index (κ1) is 56.9. The van der Waals surface area contributed by atoms with Gasteiger partial charge >= 0.3 is 0 Å². The van der Waals surface area contributed by atoms with E-state index in [0.717, 1.165) is 66.5 Å². The molecule has 0 aliphatic heterocycles. The van der Waals surface area contributed by atoms with E-state index in [1.54, 1.807) is 24.5 Å². The van der Waals surface area contributed by atoms with Crippen LogP contribution in [0.25, 0.3) is 44.3 Å². The second-order valence-corrected chi connectivity index (χ2v) is 26.0. The van der Waals surface area contributed by atoms with Gasteiger partial charge in [0.15, 0.2) is 0 Å². The topological polar surface area (TPSA) is 203 Å². The Bertz CT molecular complexity index is 3530. The van der Waals surface area contributed by atoms with Crippen molar-refractivity contribution in [1.29, 1.82) is 0 Å². The number of hydrogen-bond donors (Lipinski definition) is 2. The van der Waals surface area contributed by atoms with Crippen LogP contribution in [0.5, 0.6) is 11.5 Å². The highest BCUT2D eigenvalue weighted by Crippen LogP contribution is 2.41. The minimum Gasteiger partial charge on any atom is -0.494 e. The predicted octanol–water partition coefficient (Wildman–Crippen LogP) is 10.4. The standard InChI is InChI=1S/C30H37N7O3Si.C25H28IN7O3/c1-34(2)14-15-35(3)27-19-29(40-5)25(18-28(27)37(38)39)33-30-31-13-11-24(32-30)23-20-36(4)26-17-21(9-10-22(23)26)12-16-41(6,7)8;1-30(2)10-11-31(3)22-14-24(36-5)20(13-23(22)33(34)35)29-25-27-9-8-19(28-25)18-15-32(4)21-12-16(26)6-7-17(18)21/h9-11,13,17-20H,14-15H2,1-8H3,(H,31,32,33);6-9,12-15H,10-11H2,1-5H3,(H,27,28,29). The maximum Gasteiger partial charge on any atom is 0.294 e. The molecule has 0 bridgehead atoms. The normalized spacial score (nSPS) is 11.3. The highest BCUT2D eigenvalue weighted by atomic mass is 127. The first-order valence-corrected chi connectivity index (χ1v) is 29.1. The summed E-state index contributed by atoms with van der Waals surface area (Å²) in [6.45, 7) is 9.43. The van der Waals surface area contributed by atoms with Crippen LogP contribution in [0.2, 0.25) is 19.6 Å². The van der Waals surface area contributed by atoms with Crippen molar-refractivity contribution in [2.45, 2.75) is 19.6 Å². The zero-order valence-electron chi connectivity index (χ0n) is 45.8. The Balaban J connectivity index is 0.000000225. The van der Waals surface area contributed by atoms with Gasteiger partial charge in [-0.2, -0.15) is 0 Å². The zero-order valence-corrected chi connectivity index (χ0v) is 48.9. The van der Waals surface area contributed by atoms with Gasteiger partial charge in [0, 0.05) is 145 Å². The smallest absolute Gasteiger partial charge is 0.294 e. The number of nitrogens with one attached hydrogen (secondary N) is 2. The molecule has 77 heavy (non-hydrogen) atoms. The molecule has 2 N–H and O–H groups in total. The first-order chi connectivity index (χ1) is 36.5. The summed E-state index contributed by atoms with van der Waals surface area (Å²) >= 11 is 2.30. The van der Waals surface area contributed by atoms with E-state index in [9.17, 15) is 20.2 Å². The molecule has 0 aliphatic rings. The Morgan fingerprint density at radius 1 is 0.636 bits per heavy atom. The maximum atomic E-state index is 12.0. The summed E-state index contributed by atoms with van der Waals surface area (Å²) in [5.74, 6) is 4.86. The fraction of sp³-hybridized carbons (Fsp3) is 0.309. The molecule has 20 nitrogen and oxygen atoms in total. The molecule has 8 rings (SSSR count). The van der Waals surface area contributed by atoms with Gasteiger partial charge in [0.1, 0.15) is 30.9 Å². The summed E-state index contributed by atoms with van der Waals surface area (Å²) in [5.41, 5.74) is 11.7. The number of ether oxygens (including phenoxy) is 2. The van der Waals surface area contributed by atoms with Crippen LogP contribution in [0.4, 0.5) is 46.0 Å². The number of rotatable bonds is 18. The lowest BCUT2D eigenvalue weighted by atomic mass is 10.1. The number of aryl methyl sites for hydroxylation is 2. The van der Waals surface area contributed by atoms with Crippen molar-refractivity contribution in [3.8, 4) is 45.5 Å². The number of likely N-dealkylation sites (N-methyl/N-ethyl adjacent to an activating group) is 4. The molecule has 0 saturated carbocycles. The molecule has 402 valence electrons. The molecule has 0 atom stereocenters. The van der Waals surface area contributed by atoms with E-state index in [-0.39, 0.29) is 21.2 Å². The number of nitro benzene ring substituents is 2. The minimum absolute atomic E-state index is 0.0284. The van der Waals surface area contributed by atoms with Gasteiger partial charge in [0.05, 0.1) is 46.8 Å². The molecule has 4 heterocycles. The van der Waals surface area contributed by atoms with Crippen LogP contribution in [0.3, 0.4) is 0 Å². The van der Waals surface area contributed by atoms with E-state index in [2.05, 4.69) is 114 Å². The van der Waals surface area contributed by atoms with Gasteiger partial charge in [-0.3, -0.25) is 20.2 Å². The third-order valence-corrected chi connectivity index (χ3v) is 14.0. The summed E-state index contributed by atoms with van der Waals surface area (Å²) in [6.07, 6.45) is 7.41. The lowest BCUT2D eigenvalue weighted by Gasteiger charge is -2.22. The number of fused-ring (bicyclic) bond motifs is 2. The predicted molar refractivity (Wildman–Crippen MR) is 320 cm³/mol. The molecule has 0 spiro atoms. The van der Waals surface area contributed by atoms with Crippen molar-refractivity contribution in [3.63, 3.8) is 0 Å². The van der Waals surface area contributed by atoms with E-state index in [0.29, 0.717) is 59.2 Å². The van der Waals surface area contributed by atoms with Crippen LogP contribution in [0.1, 0.15) is 5.56 Å². The van der Waals surface area contributed by atoms with Crippen molar-refractivity contribution in [1.82, 2.24) is 38.9 Å². The maximum absolute atomic E-state index is 12.0. The number of nitro groups is 2. The number of benzene rings is 4. The number of nitrogens with zero attached hydrogens (tertiary/aromatic N) is 12. The molecule has 8 aromatic rings. The molecule has 0 fully saturated rings. The summed E-state index contributed by atoms with van der Waals surface area (Å²) in [6, 6.07) is 22.5. The largest absolute Gasteiger partial charge is 0.494 e. The number of hydrogen-bond acceptors (Lipinski definition) is 16. The fourth-order valence-corrected chi connectivity index (χ4v) is 9.35. The number of halogens is 1. The Morgan fingerprint density at radius 2 is 1.08 bits per heavy atom. The summed E-state index contributed by atoms with van der Waals surface area (Å²) in [7, 11) is 17.1. The lowest BCUT2D eigenvalue weighted by molar-refractivity contribution is -0.384. The molecular weight excluding hydrogens is 1110 g/mol. The van der Waals surface area contributed by atoms with Gasteiger partial charge in [0.25, 0.3) is 11.4 Å². The zero-order chi connectivity index (χ0) is 55.9. The van der Waals surface area contributed by atoms with Crippen LogP contribution >= 0.6 is 22.6 Å². The summed E-state index contributed by atoms with van der Waals surface area (Å²) in [5, 5.41) is 32.3. The average molecular weight is 1170 g/mol. The fourth-order valence-electron chi connectivity index (χ4n) is 8.36. The van der Waals surface area contributed by atoms with Crippen molar-refractivity contribution < 1.29 is 19.3 Å². The third-order valence-electron chi connectivity index (χ3n) is 12.5. The SMILES string of the molecule is COc1cc(N(C)CCN(C)C)c([N+](=O)[O-])cc1Nc1nccc(-c2cn(C)c3cc(C#C[Si](C)(C)C)ccc23)n1.COc1cc(N(C)CCN(C)C)c([N+](=O)[O-])cc1Nc1nccc(-c2cn(C)c3cc(I)ccc23)n1. The third kappa shape index (κ3) is 14.0. The van der Waals surface area contributed by atoms with Gasteiger partial charge in [-0.05, 0) is 87.2 Å². The average Bonchev–Trinajstić information content (AvgIpc) is 3.92. The summed E-state index contributed by atoms with van der Waals surface area (Å²) < 4.78 is 16.5. The molecule has 0 saturated heterocycles. The molecule has 0 radical (unpaired) electrons. The monoisotopic (exact) mass is 1170 g/mol. The van der Waals surface area contributed by atoms with Crippen molar-refractivity contribution in [2.75, 3.05) is 103 Å². The van der Waals surface area contributed by atoms with Crippen LogP contribution in [-0.4, -0.2) is 139 Å². The number of methoxy groups -OCH3 is 2. The summed E-state index contributed by atoms with van der Waals surface area (Å²) in [4.78, 5) is 49.1. The molecule has 4 aromatic carbocycles. The Labute approximate surface area is 463 Å². The highest BCUT2D eigenvalue weighted by Gasteiger charge is 2.25. The van der Waals surface area contributed by atoms with Gasteiger partial charge in [-0.1, -0.05) is 37.7 Å². The Kier molecular flexibility index (Phi) is 18.0. The highest BCUT2D eigenvalue weighted by molar-refractivity contribution is 14.1.